The standard InChI is InChI=1S/C27H23NO4/c1-19(29)32-26-17-20(12-16-24(26)30-2)11-14-23-15-13-22-9-6-10-25(27(22)28-23)31-18-21-7-4-3-5-8-21/h3-17H,18H2,1-2H3/b14-11+. The Kier molecular flexibility index (Phi) is 6.46. The van der Waals surface area contributed by atoms with Gasteiger partial charge in [0.05, 0.1) is 12.8 Å². The first-order valence-corrected chi connectivity index (χ1v) is 10.2. The molecule has 0 atom stereocenters. The van der Waals surface area contributed by atoms with Gasteiger partial charge in [0, 0.05) is 12.3 Å². The molecule has 0 N–H and O–H groups in total. The van der Waals surface area contributed by atoms with Crippen molar-refractivity contribution in [3.05, 3.63) is 95.7 Å². The van der Waals surface area contributed by atoms with Crippen LogP contribution in [-0.2, 0) is 11.4 Å². The second-order valence-corrected chi connectivity index (χ2v) is 7.18. The van der Waals surface area contributed by atoms with Crippen LogP contribution in [0.15, 0.2) is 78.9 Å². The molecule has 160 valence electrons. The lowest BCUT2D eigenvalue weighted by molar-refractivity contribution is -0.132. The number of hydrogen-bond donors (Lipinski definition) is 0. The van der Waals surface area contributed by atoms with Crippen molar-refractivity contribution in [2.45, 2.75) is 13.5 Å². The Labute approximate surface area is 186 Å². The molecule has 0 aliphatic heterocycles. The van der Waals surface area contributed by atoms with Crippen LogP contribution in [0.5, 0.6) is 17.2 Å². The van der Waals surface area contributed by atoms with Gasteiger partial charge in [0.1, 0.15) is 17.9 Å². The smallest absolute Gasteiger partial charge is 0.308 e. The van der Waals surface area contributed by atoms with E-state index in [2.05, 4.69) is 0 Å². The third kappa shape index (κ3) is 5.13. The number of aromatic nitrogens is 1. The normalized spacial score (nSPS) is 10.9. The minimum absolute atomic E-state index is 0.380. The highest BCUT2D eigenvalue weighted by Gasteiger charge is 2.08. The Morgan fingerprint density at radius 1 is 0.875 bits per heavy atom. The van der Waals surface area contributed by atoms with Crippen LogP contribution >= 0.6 is 0 Å². The first-order valence-electron chi connectivity index (χ1n) is 10.2. The van der Waals surface area contributed by atoms with Crippen LogP contribution in [0.25, 0.3) is 23.1 Å². The van der Waals surface area contributed by atoms with Crippen LogP contribution in [0.2, 0.25) is 0 Å². The Morgan fingerprint density at radius 2 is 1.72 bits per heavy atom. The fourth-order valence-electron chi connectivity index (χ4n) is 3.29. The van der Waals surface area contributed by atoms with E-state index in [0.717, 1.165) is 33.5 Å². The maximum absolute atomic E-state index is 11.4. The molecule has 0 saturated heterocycles. The largest absolute Gasteiger partial charge is 0.493 e. The van der Waals surface area contributed by atoms with E-state index in [1.54, 1.807) is 12.1 Å². The number of nitrogens with zero attached hydrogens (tertiary/aromatic N) is 1. The molecule has 0 saturated carbocycles. The van der Waals surface area contributed by atoms with Crippen LogP contribution < -0.4 is 14.2 Å². The lowest BCUT2D eigenvalue weighted by Crippen LogP contribution is -2.03. The lowest BCUT2D eigenvalue weighted by Gasteiger charge is -2.10. The highest BCUT2D eigenvalue weighted by molar-refractivity contribution is 5.86. The van der Waals surface area contributed by atoms with Crippen molar-refractivity contribution in [1.82, 2.24) is 4.98 Å². The summed E-state index contributed by atoms with van der Waals surface area (Å²) in [7, 11) is 1.54. The van der Waals surface area contributed by atoms with E-state index in [0.29, 0.717) is 18.1 Å². The molecule has 1 aromatic heterocycles. The Balaban J connectivity index is 1.58. The zero-order chi connectivity index (χ0) is 22.3. The summed E-state index contributed by atoms with van der Waals surface area (Å²) >= 11 is 0. The molecule has 0 aliphatic rings. The minimum Gasteiger partial charge on any atom is -0.493 e. The second kappa shape index (κ2) is 9.79. The molecular formula is C27H23NO4. The van der Waals surface area contributed by atoms with Crippen LogP contribution in [0.4, 0.5) is 0 Å². The number of benzene rings is 3. The van der Waals surface area contributed by atoms with Gasteiger partial charge in [0.2, 0.25) is 0 Å². The maximum Gasteiger partial charge on any atom is 0.308 e. The van der Waals surface area contributed by atoms with E-state index < -0.39 is 5.97 Å². The van der Waals surface area contributed by atoms with Crippen LogP contribution in [-0.4, -0.2) is 18.1 Å². The SMILES string of the molecule is COc1ccc(/C=C/c2ccc3cccc(OCc4ccccc4)c3n2)cc1OC(C)=O. The topological polar surface area (TPSA) is 57.6 Å². The molecule has 4 aromatic rings. The Morgan fingerprint density at radius 3 is 2.50 bits per heavy atom. The average molecular weight is 425 g/mol. The molecule has 0 radical (unpaired) electrons. The molecule has 0 bridgehead atoms. The zero-order valence-electron chi connectivity index (χ0n) is 17.9. The average Bonchev–Trinajstić information content (AvgIpc) is 2.81. The van der Waals surface area contributed by atoms with Gasteiger partial charge < -0.3 is 14.2 Å². The first-order chi connectivity index (χ1) is 15.6. The highest BCUT2D eigenvalue weighted by atomic mass is 16.6. The van der Waals surface area contributed by atoms with E-state index in [-0.39, 0.29) is 0 Å². The predicted octanol–water partition coefficient (Wildman–Crippen LogP) is 5.92. The van der Waals surface area contributed by atoms with E-state index in [1.807, 2.05) is 78.9 Å². The number of hydrogen-bond acceptors (Lipinski definition) is 5. The summed E-state index contributed by atoms with van der Waals surface area (Å²) in [6.07, 6.45) is 3.82. The van der Waals surface area contributed by atoms with Crippen molar-refractivity contribution < 1.29 is 19.0 Å². The summed E-state index contributed by atoms with van der Waals surface area (Å²) < 4.78 is 16.5. The van der Waals surface area contributed by atoms with Crippen molar-refractivity contribution >= 4 is 29.0 Å². The predicted molar refractivity (Wildman–Crippen MR) is 126 cm³/mol. The third-order valence-electron chi connectivity index (χ3n) is 4.83. The molecule has 0 amide bonds. The molecular weight excluding hydrogens is 402 g/mol. The van der Waals surface area contributed by atoms with Gasteiger partial charge in [-0.25, -0.2) is 4.98 Å². The molecule has 1 heterocycles. The number of rotatable bonds is 7. The van der Waals surface area contributed by atoms with Gasteiger partial charge in [-0.1, -0.05) is 60.7 Å². The van der Waals surface area contributed by atoms with Crippen molar-refractivity contribution in [2.24, 2.45) is 0 Å². The summed E-state index contributed by atoms with van der Waals surface area (Å²) in [4.78, 5) is 16.1. The number of pyridine rings is 1. The number of ether oxygens (including phenoxy) is 3. The molecule has 0 unspecified atom stereocenters. The zero-order valence-corrected chi connectivity index (χ0v) is 17.9. The Hall–Kier alpha value is -4.12. The lowest BCUT2D eigenvalue weighted by atomic mass is 10.1. The third-order valence-corrected chi connectivity index (χ3v) is 4.83. The van der Waals surface area contributed by atoms with E-state index in [4.69, 9.17) is 19.2 Å². The summed E-state index contributed by atoms with van der Waals surface area (Å²) in [5, 5.41) is 1.01. The number of para-hydroxylation sites is 1. The molecule has 32 heavy (non-hydrogen) atoms. The molecule has 0 fully saturated rings. The minimum atomic E-state index is -0.399. The Bertz CT molecular complexity index is 1270. The quantitative estimate of drug-likeness (QED) is 0.272. The fourth-order valence-corrected chi connectivity index (χ4v) is 3.29. The van der Waals surface area contributed by atoms with Gasteiger partial charge >= 0.3 is 5.97 Å². The maximum atomic E-state index is 11.4. The number of esters is 1. The fraction of sp³-hybridized carbons (Fsp3) is 0.111. The number of carbonyl (C=O) groups excluding carboxylic acids is 1. The number of carbonyl (C=O) groups is 1. The van der Waals surface area contributed by atoms with Gasteiger partial charge in [0.15, 0.2) is 11.5 Å². The van der Waals surface area contributed by atoms with Gasteiger partial charge in [-0.2, -0.15) is 0 Å². The van der Waals surface area contributed by atoms with E-state index in [9.17, 15) is 4.79 Å². The van der Waals surface area contributed by atoms with Crippen molar-refractivity contribution in [3.8, 4) is 17.2 Å². The second-order valence-electron chi connectivity index (χ2n) is 7.18. The van der Waals surface area contributed by atoms with Crippen molar-refractivity contribution in [2.75, 3.05) is 7.11 Å². The summed E-state index contributed by atoms with van der Waals surface area (Å²) in [6, 6.07) is 25.3. The van der Waals surface area contributed by atoms with E-state index >= 15 is 0 Å². The number of methoxy groups -OCH3 is 1. The molecule has 5 heteroatoms. The molecule has 3 aromatic carbocycles. The highest BCUT2D eigenvalue weighted by Crippen LogP contribution is 2.29. The molecule has 0 spiro atoms. The van der Waals surface area contributed by atoms with Crippen molar-refractivity contribution in [3.63, 3.8) is 0 Å². The number of fused-ring (bicyclic) bond motifs is 1. The van der Waals surface area contributed by atoms with Crippen LogP contribution in [0, 0.1) is 0 Å². The summed E-state index contributed by atoms with van der Waals surface area (Å²) in [5.74, 6) is 1.22. The molecule has 4 rings (SSSR count). The summed E-state index contributed by atoms with van der Waals surface area (Å²) in [5.41, 5.74) is 3.56. The molecule has 0 aliphatic carbocycles. The van der Waals surface area contributed by atoms with Gasteiger partial charge in [0.25, 0.3) is 0 Å². The van der Waals surface area contributed by atoms with Crippen molar-refractivity contribution in [1.29, 1.82) is 0 Å². The summed E-state index contributed by atoms with van der Waals surface area (Å²) in [6.45, 7) is 1.84. The van der Waals surface area contributed by atoms with Crippen LogP contribution in [0.3, 0.4) is 0 Å². The first kappa shape index (κ1) is 21.1. The van der Waals surface area contributed by atoms with Crippen LogP contribution in [0.1, 0.15) is 23.7 Å². The van der Waals surface area contributed by atoms with Gasteiger partial charge in [-0.3, -0.25) is 4.79 Å². The molecule has 5 nitrogen and oxygen atoms in total. The van der Waals surface area contributed by atoms with Gasteiger partial charge in [-0.15, -0.1) is 0 Å². The van der Waals surface area contributed by atoms with E-state index in [1.165, 1.54) is 14.0 Å². The van der Waals surface area contributed by atoms with Gasteiger partial charge in [-0.05, 0) is 41.5 Å². The monoisotopic (exact) mass is 425 g/mol.